The van der Waals surface area contributed by atoms with Crippen LogP contribution in [0.4, 0.5) is 0 Å². The summed E-state index contributed by atoms with van der Waals surface area (Å²) in [6.45, 7) is 4.18. The van der Waals surface area contributed by atoms with Crippen LogP contribution in [0.2, 0.25) is 0 Å². The largest absolute Gasteiger partial charge is 0.254 e. The molecule has 0 saturated heterocycles. The third kappa shape index (κ3) is 1.94. The minimum atomic E-state index is 0.281. The topological polar surface area (TPSA) is 54.5 Å². The molecule has 3 rings (SSSR count). The standard InChI is InChI=1S/C16H14N4/c1-11(2)15-9-13(10-17)19-20(15)14-7-3-5-12-6-4-8-18-16(12)14/h3-9,11H,1-2H3. The lowest BCUT2D eigenvalue weighted by Gasteiger charge is -2.11. The Balaban J connectivity index is 2.31. The van der Waals surface area contributed by atoms with Gasteiger partial charge in [-0.3, -0.25) is 4.98 Å². The van der Waals surface area contributed by atoms with Crippen LogP contribution < -0.4 is 0 Å². The zero-order chi connectivity index (χ0) is 14.1. The van der Waals surface area contributed by atoms with Crippen LogP contribution >= 0.6 is 0 Å². The second-order valence-corrected chi connectivity index (χ2v) is 4.99. The van der Waals surface area contributed by atoms with Gasteiger partial charge >= 0.3 is 0 Å². The van der Waals surface area contributed by atoms with E-state index in [-0.39, 0.29) is 5.92 Å². The first-order chi connectivity index (χ1) is 9.70. The van der Waals surface area contributed by atoms with Gasteiger partial charge in [0.25, 0.3) is 0 Å². The molecule has 0 aliphatic rings. The highest BCUT2D eigenvalue weighted by Gasteiger charge is 2.14. The molecule has 0 fully saturated rings. The molecular weight excluding hydrogens is 248 g/mol. The Labute approximate surface area is 117 Å². The van der Waals surface area contributed by atoms with Crippen LogP contribution in [0.25, 0.3) is 16.6 Å². The summed E-state index contributed by atoms with van der Waals surface area (Å²) in [6.07, 6.45) is 1.77. The second-order valence-electron chi connectivity index (χ2n) is 4.99. The van der Waals surface area contributed by atoms with Crippen molar-refractivity contribution in [1.82, 2.24) is 14.8 Å². The van der Waals surface area contributed by atoms with E-state index in [4.69, 9.17) is 5.26 Å². The third-order valence-electron chi connectivity index (χ3n) is 3.28. The zero-order valence-corrected chi connectivity index (χ0v) is 11.4. The van der Waals surface area contributed by atoms with E-state index in [1.807, 2.05) is 41.1 Å². The number of hydrogen-bond donors (Lipinski definition) is 0. The van der Waals surface area contributed by atoms with Gasteiger partial charge in [0.15, 0.2) is 5.69 Å². The number of nitrogens with zero attached hydrogens (tertiary/aromatic N) is 4. The van der Waals surface area contributed by atoms with Gasteiger partial charge in [0.2, 0.25) is 0 Å². The van der Waals surface area contributed by atoms with Crippen molar-refractivity contribution in [3.05, 3.63) is 54.0 Å². The summed E-state index contributed by atoms with van der Waals surface area (Å²) < 4.78 is 1.83. The smallest absolute Gasteiger partial charge is 0.163 e. The van der Waals surface area contributed by atoms with Crippen molar-refractivity contribution < 1.29 is 0 Å². The van der Waals surface area contributed by atoms with Crippen LogP contribution in [0.5, 0.6) is 0 Å². The number of benzene rings is 1. The molecule has 0 aliphatic heterocycles. The van der Waals surface area contributed by atoms with E-state index in [2.05, 4.69) is 30.0 Å². The quantitative estimate of drug-likeness (QED) is 0.711. The number of pyridine rings is 1. The van der Waals surface area contributed by atoms with Crippen LogP contribution in [0.15, 0.2) is 42.6 Å². The van der Waals surface area contributed by atoms with Crippen molar-refractivity contribution in [2.75, 3.05) is 0 Å². The van der Waals surface area contributed by atoms with Gasteiger partial charge in [0, 0.05) is 17.3 Å². The predicted molar refractivity (Wildman–Crippen MR) is 77.7 cm³/mol. The average molecular weight is 262 g/mol. The third-order valence-corrected chi connectivity index (χ3v) is 3.28. The highest BCUT2D eigenvalue weighted by atomic mass is 15.3. The molecule has 0 saturated carbocycles. The fraction of sp³-hybridized carbons (Fsp3) is 0.188. The first kappa shape index (κ1) is 12.4. The van der Waals surface area contributed by atoms with Crippen molar-refractivity contribution in [2.45, 2.75) is 19.8 Å². The number of nitriles is 1. The maximum atomic E-state index is 9.08. The molecule has 0 unspecified atom stereocenters. The van der Waals surface area contributed by atoms with Gasteiger partial charge in [-0.1, -0.05) is 32.0 Å². The normalized spacial score (nSPS) is 10.9. The monoisotopic (exact) mass is 262 g/mol. The summed E-state index contributed by atoms with van der Waals surface area (Å²) in [6, 6.07) is 13.9. The van der Waals surface area contributed by atoms with E-state index in [1.165, 1.54) is 0 Å². The van der Waals surface area contributed by atoms with E-state index in [0.717, 1.165) is 22.3 Å². The van der Waals surface area contributed by atoms with Gasteiger partial charge in [-0.2, -0.15) is 10.4 Å². The average Bonchev–Trinajstić information content (AvgIpc) is 2.91. The molecule has 20 heavy (non-hydrogen) atoms. The van der Waals surface area contributed by atoms with E-state index in [9.17, 15) is 0 Å². The molecule has 0 amide bonds. The molecule has 0 bridgehead atoms. The van der Waals surface area contributed by atoms with Crippen LogP contribution in [-0.2, 0) is 0 Å². The molecule has 2 aromatic heterocycles. The van der Waals surface area contributed by atoms with E-state index < -0.39 is 0 Å². The van der Waals surface area contributed by atoms with Crippen molar-refractivity contribution in [2.24, 2.45) is 0 Å². The van der Waals surface area contributed by atoms with Crippen molar-refractivity contribution in [3.63, 3.8) is 0 Å². The van der Waals surface area contributed by atoms with E-state index in [0.29, 0.717) is 5.69 Å². The molecule has 3 aromatic rings. The lowest BCUT2D eigenvalue weighted by molar-refractivity contribution is 0.735. The van der Waals surface area contributed by atoms with Gasteiger partial charge in [-0.15, -0.1) is 0 Å². The Morgan fingerprint density at radius 2 is 2.00 bits per heavy atom. The predicted octanol–water partition coefficient (Wildman–Crippen LogP) is 3.42. The summed E-state index contributed by atoms with van der Waals surface area (Å²) in [7, 11) is 0. The van der Waals surface area contributed by atoms with Crippen molar-refractivity contribution >= 4 is 10.9 Å². The molecule has 4 heteroatoms. The van der Waals surface area contributed by atoms with E-state index >= 15 is 0 Å². The first-order valence-electron chi connectivity index (χ1n) is 6.55. The minimum absolute atomic E-state index is 0.281. The Morgan fingerprint density at radius 1 is 1.20 bits per heavy atom. The van der Waals surface area contributed by atoms with Gasteiger partial charge in [0.1, 0.15) is 6.07 Å². The summed E-state index contributed by atoms with van der Waals surface area (Å²) in [5.41, 5.74) is 3.25. The summed E-state index contributed by atoms with van der Waals surface area (Å²) in [5.74, 6) is 0.281. The van der Waals surface area contributed by atoms with Crippen LogP contribution in [0.1, 0.15) is 31.2 Å². The van der Waals surface area contributed by atoms with Crippen LogP contribution in [-0.4, -0.2) is 14.8 Å². The number of fused-ring (bicyclic) bond motifs is 1. The number of rotatable bonds is 2. The van der Waals surface area contributed by atoms with E-state index in [1.54, 1.807) is 6.20 Å². The molecular formula is C16H14N4. The number of hydrogen-bond acceptors (Lipinski definition) is 3. The number of aromatic nitrogens is 3. The number of para-hydroxylation sites is 1. The highest BCUT2D eigenvalue weighted by molar-refractivity contribution is 5.86. The van der Waals surface area contributed by atoms with Crippen LogP contribution in [0.3, 0.4) is 0 Å². The van der Waals surface area contributed by atoms with Gasteiger partial charge in [0.05, 0.1) is 11.2 Å². The lowest BCUT2D eigenvalue weighted by Crippen LogP contribution is -2.05. The summed E-state index contributed by atoms with van der Waals surface area (Å²) in [5, 5.41) is 14.5. The lowest BCUT2D eigenvalue weighted by atomic mass is 10.1. The van der Waals surface area contributed by atoms with Gasteiger partial charge in [-0.05, 0) is 24.1 Å². The molecule has 0 N–H and O–H groups in total. The maximum Gasteiger partial charge on any atom is 0.163 e. The van der Waals surface area contributed by atoms with Gasteiger partial charge in [-0.25, -0.2) is 4.68 Å². The molecule has 98 valence electrons. The molecule has 0 aliphatic carbocycles. The fourth-order valence-corrected chi connectivity index (χ4v) is 2.31. The summed E-state index contributed by atoms with van der Waals surface area (Å²) in [4.78, 5) is 4.45. The molecule has 0 radical (unpaired) electrons. The highest BCUT2D eigenvalue weighted by Crippen LogP contribution is 2.24. The summed E-state index contributed by atoms with van der Waals surface area (Å²) >= 11 is 0. The Morgan fingerprint density at radius 3 is 2.75 bits per heavy atom. The molecule has 2 heterocycles. The SMILES string of the molecule is CC(C)c1cc(C#N)nn1-c1cccc2cccnc12. The molecule has 0 spiro atoms. The fourth-order valence-electron chi connectivity index (χ4n) is 2.31. The Bertz CT molecular complexity index is 803. The van der Waals surface area contributed by atoms with Crippen molar-refractivity contribution in [3.8, 4) is 11.8 Å². The Hall–Kier alpha value is -2.67. The molecule has 0 atom stereocenters. The van der Waals surface area contributed by atoms with Crippen molar-refractivity contribution in [1.29, 1.82) is 5.26 Å². The maximum absolute atomic E-state index is 9.08. The molecule has 1 aromatic carbocycles. The first-order valence-corrected chi connectivity index (χ1v) is 6.55. The van der Waals surface area contributed by atoms with Crippen LogP contribution in [0, 0.1) is 11.3 Å². The second kappa shape index (κ2) is 4.78. The zero-order valence-electron chi connectivity index (χ0n) is 11.4. The molecule has 4 nitrogen and oxygen atoms in total. The minimum Gasteiger partial charge on any atom is -0.254 e. The Kier molecular flexibility index (Phi) is 2.96. The van der Waals surface area contributed by atoms with Gasteiger partial charge < -0.3 is 0 Å².